The number of hydrogen-bond acceptors (Lipinski definition) is 6. The number of methoxy groups -OCH3 is 1. The molecule has 8 heteroatoms. The molecule has 2 saturated heterocycles. The molecule has 2 fully saturated rings. The molecule has 0 radical (unpaired) electrons. The lowest BCUT2D eigenvalue weighted by Gasteiger charge is -2.38. The lowest BCUT2D eigenvalue weighted by Crippen LogP contribution is -2.62. The van der Waals surface area contributed by atoms with Gasteiger partial charge in [-0.05, 0) is 24.3 Å². The predicted octanol–water partition coefficient (Wildman–Crippen LogP) is 1.75. The highest BCUT2D eigenvalue weighted by atomic mass is 16.7. The molecule has 2 aromatic rings. The fourth-order valence-corrected chi connectivity index (χ4v) is 3.37. The molecule has 148 valence electrons. The first-order chi connectivity index (χ1) is 13.6. The number of carbonyl (C=O) groups is 1. The van der Waals surface area contributed by atoms with Crippen molar-refractivity contribution in [1.82, 2.24) is 5.32 Å². The molecule has 28 heavy (non-hydrogen) atoms. The van der Waals surface area contributed by atoms with Crippen LogP contribution in [-0.4, -0.2) is 55.5 Å². The van der Waals surface area contributed by atoms with Crippen molar-refractivity contribution < 1.29 is 28.8 Å². The van der Waals surface area contributed by atoms with Crippen molar-refractivity contribution in [3.63, 3.8) is 0 Å². The number of fused-ring (bicyclic) bond motifs is 2. The maximum atomic E-state index is 12.5. The molecule has 2 aliphatic heterocycles. The highest BCUT2D eigenvalue weighted by Crippen LogP contribution is 2.31. The predicted molar refractivity (Wildman–Crippen MR) is 100 cm³/mol. The molecule has 3 N–H and O–H groups in total. The first-order valence-electron chi connectivity index (χ1n) is 9.02. The van der Waals surface area contributed by atoms with Crippen LogP contribution in [-0.2, 0) is 9.47 Å². The van der Waals surface area contributed by atoms with Crippen molar-refractivity contribution >= 4 is 11.7 Å². The van der Waals surface area contributed by atoms with Crippen LogP contribution in [0.15, 0.2) is 54.6 Å². The average Bonchev–Trinajstić information content (AvgIpc) is 3.16. The smallest absolute Gasteiger partial charge is 0.319 e. The van der Waals surface area contributed by atoms with E-state index in [1.54, 1.807) is 43.5 Å². The topological polar surface area (TPSA) is 98.3 Å². The van der Waals surface area contributed by atoms with Crippen molar-refractivity contribution in [3.05, 3.63) is 54.6 Å². The van der Waals surface area contributed by atoms with Crippen LogP contribution in [0, 0.1) is 0 Å². The highest BCUT2D eigenvalue weighted by molar-refractivity contribution is 5.89. The quantitative estimate of drug-likeness (QED) is 0.724. The number of aliphatic hydroxyl groups is 1. The van der Waals surface area contributed by atoms with Gasteiger partial charge in [-0.2, -0.15) is 0 Å². The molecular weight excluding hydrogens is 364 g/mol. The molecule has 2 aromatic carbocycles. The summed E-state index contributed by atoms with van der Waals surface area (Å²) >= 11 is 0. The molecule has 0 aliphatic carbocycles. The molecule has 8 nitrogen and oxygen atoms in total. The van der Waals surface area contributed by atoms with E-state index in [0.717, 1.165) is 0 Å². The summed E-state index contributed by atoms with van der Waals surface area (Å²) in [7, 11) is 1.55. The Morgan fingerprint density at radius 1 is 1.14 bits per heavy atom. The van der Waals surface area contributed by atoms with Crippen LogP contribution in [0.1, 0.15) is 0 Å². The Bertz CT molecular complexity index is 817. The maximum absolute atomic E-state index is 12.5. The minimum atomic E-state index is -0.998. The number of aliphatic hydroxyl groups excluding tert-OH is 1. The third-order valence-electron chi connectivity index (χ3n) is 4.75. The van der Waals surface area contributed by atoms with Gasteiger partial charge < -0.3 is 34.7 Å². The number of hydrogen-bond donors (Lipinski definition) is 3. The Labute approximate surface area is 162 Å². The van der Waals surface area contributed by atoms with E-state index in [4.69, 9.17) is 18.9 Å². The van der Waals surface area contributed by atoms with Crippen LogP contribution in [0.25, 0.3) is 0 Å². The summed E-state index contributed by atoms with van der Waals surface area (Å²) < 4.78 is 22.4. The second-order valence-corrected chi connectivity index (χ2v) is 6.62. The van der Waals surface area contributed by atoms with Crippen LogP contribution in [0.4, 0.5) is 10.5 Å². The third-order valence-corrected chi connectivity index (χ3v) is 4.75. The Morgan fingerprint density at radius 2 is 1.93 bits per heavy atom. The van der Waals surface area contributed by atoms with Crippen molar-refractivity contribution in [2.24, 2.45) is 0 Å². The number of para-hydroxylation sites is 1. The largest absolute Gasteiger partial charge is 0.497 e. The molecule has 2 amide bonds. The minimum absolute atomic E-state index is 0.264. The number of benzene rings is 2. The molecule has 2 bridgehead atoms. The normalized spacial score (nSPS) is 28.4. The highest BCUT2D eigenvalue weighted by Gasteiger charge is 2.52. The summed E-state index contributed by atoms with van der Waals surface area (Å²) in [5, 5.41) is 16.3. The molecule has 4 rings (SSSR count). The van der Waals surface area contributed by atoms with Crippen LogP contribution >= 0.6 is 0 Å². The lowest BCUT2D eigenvalue weighted by atomic mass is 9.98. The van der Waals surface area contributed by atoms with E-state index >= 15 is 0 Å². The summed E-state index contributed by atoms with van der Waals surface area (Å²) in [6, 6.07) is 14.9. The molecule has 2 heterocycles. The fraction of sp³-hybridized carbons (Fsp3) is 0.350. The summed E-state index contributed by atoms with van der Waals surface area (Å²) in [5.41, 5.74) is 0.570. The van der Waals surface area contributed by atoms with Gasteiger partial charge in [-0.25, -0.2) is 4.79 Å². The average molecular weight is 386 g/mol. The van der Waals surface area contributed by atoms with E-state index in [9.17, 15) is 9.90 Å². The van der Waals surface area contributed by atoms with Gasteiger partial charge in [-0.15, -0.1) is 0 Å². The van der Waals surface area contributed by atoms with Gasteiger partial charge in [0.2, 0.25) is 0 Å². The molecular formula is C20H22N2O6. The number of ether oxygens (including phenoxy) is 4. The first kappa shape index (κ1) is 18.5. The monoisotopic (exact) mass is 386 g/mol. The van der Waals surface area contributed by atoms with E-state index in [1.807, 2.05) is 18.2 Å². The second kappa shape index (κ2) is 8.05. The zero-order valence-electron chi connectivity index (χ0n) is 15.3. The van der Waals surface area contributed by atoms with Crippen molar-refractivity contribution in [3.8, 4) is 11.5 Å². The number of urea groups is 1. The summed E-state index contributed by atoms with van der Waals surface area (Å²) in [6.45, 7) is 0.264. The van der Waals surface area contributed by atoms with E-state index in [-0.39, 0.29) is 6.61 Å². The second-order valence-electron chi connectivity index (χ2n) is 6.62. The van der Waals surface area contributed by atoms with E-state index < -0.39 is 36.7 Å². The molecule has 5 atom stereocenters. The van der Waals surface area contributed by atoms with E-state index in [0.29, 0.717) is 17.2 Å². The van der Waals surface area contributed by atoms with Gasteiger partial charge in [-0.1, -0.05) is 24.3 Å². The molecule has 2 aliphatic rings. The SMILES string of the molecule is COc1cccc(NC(=O)N[C@H]2[C@H](O)[C@@H](Oc3ccccc3)[C@@H]3OC[C@H]2O3)c1. The van der Waals surface area contributed by atoms with Crippen molar-refractivity contribution in [2.45, 2.75) is 30.6 Å². The fourth-order valence-electron chi connectivity index (χ4n) is 3.37. The zero-order valence-corrected chi connectivity index (χ0v) is 15.3. The van der Waals surface area contributed by atoms with Gasteiger partial charge in [0.15, 0.2) is 12.4 Å². The standard InChI is InChI=1S/C20H22N2O6/c1-25-14-9-5-6-12(10-14)21-20(24)22-16-15-11-26-19(28-15)18(17(16)23)27-13-7-3-2-4-8-13/h2-10,15-19,23H,11H2,1H3,(H2,21,22,24)/t15-,16-,17+,18-,19-/m1/s1. The van der Waals surface area contributed by atoms with Gasteiger partial charge in [0.25, 0.3) is 0 Å². The Balaban J connectivity index is 1.43. The van der Waals surface area contributed by atoms with Crippen molar-refractivity contribution in [2.75, 3.05) is 19.0 Å². The Kier molecular flexibility index (Phi) is 5.34. The summed E-state index contributed by atoms with van der Waals surface area (Å²) in [4.78, 5) is 12.5. The number of amides is 2. The molecule has 0 unspecified atom stereocenters. The molecule has 0 saturated carbocycles. The minimum Gasteiger partial charge on any atom is -0.497 e. The number of anilines is 1. The summed E-state index contributed by atoms with van der Waals surface area (Å²) in [5.74, 6) is 1.21. The Morgan fingerprint density at radius 3 is 2.71 bits per heavy atom. The molecule has 0 aromatic heterocycles. The van der Waals surface area contributed by atoms with Gasteiger partial charge in [0.1, 0.15) is 23.7 Å². The van der Waals surface area contributed by atoms with Crippen LogP contribution in [0.3, 0.4) is 0 Å². The zero-order chi connectivity index (χ0) is 19.5. The number of nitrogens with one attached hydrogen (secondary N) is 2. The van der Waals surface area contributed by atoms with Crippen LogP contribution < -0.4 is 20.1 Å². The van der Waals surface area contributed by atoms with Crippen molar-refractivity contribution in [1.29, 1.82) is 0 Å². The maximum Gasteiger partial charge on any atom is 0.319 e. The van der Waals surface area contributed by atoms with Crippen LogP contribution in [0.2, 0.25) is 0 Å². The van der Waals surface area contributed by atoms with E-state index in [1.165, 1.54) is 0 Å². The number of carbonyl (C=O) groups excluding carboxylic acids is 1. The Hall–Kier alpha value is -2.81. The lowest BCUT2D eigenvalue weighted by molar-refractivity contribution is -0.192. The molecule has 0 spiro atoms. The van der Waals surface area contributed by atoms with Gasteiger partial charge in [0.05, 0.1) is 19.8 Å². The van der Waals surface area contributed by atoms with Gasteiger partial charge >= 0.3 is 6.03 Å². The first-order valence-corrected chi connectivity index (χ1v) is 9.02. The van der Waals surface area contributed by atoms with Crippen LogP contribution in [0.5, 0.6) is 11.5 Å². The third kappa shape index (κ3) is 3.89. The summed E-state index contributed by atoms with van der Waals surface area (Å²) in [6.07, 6.45) is -2.89. The van der Waals surface area contributed by atoms with E-state index in [2.05, 4.69) is 10.6 Å². The van der Waals surface area contributed by atoms with Gasteiger partial charge in [-0.3, -0.25) is 0 Å². The van der Waals surface area contributed by atoms with Gasteiger partial charge in [0, 0.05) is 11.8 Å². The number of rotatable bonds is 5.